The van der Waals surface area contributed by atoms with Gasteiger partial charge in [-0.05, 0) is 19.3 Å². The number of esters is 3. The fourth-order valence-electron chi connectivity index (χ4n) is 5.66. The Hall–Kier alpha value is -1.59. The summed E-state index contributed by atoms with van der Waals surface area (Å²) in [5.41, 5.74) is 0. The Labute approximate surface area is 278 Å². The summed E-state index contributed by atoms with van der Waals surface area (Å²) in [7, 11) is 0. The zero-order valence-corrected chi connectivity index (χ0v) is 30.2. The minimum absolute atomic E-state index is 0.0707. The van der Waals surface area contributed by atoms with E-state index in [-0.39, 0.29) is 37.5 Å². The van der Waals surface area contributed by atoms with Gasteiger partial charge in [-0.3, -0.25) is 14.4 Å². The van der Waals surface area contributed by atoms with Crippen molar-refractivity contribution in [2.24, 2.45) is 0 Å². The first-order chi connectivity index (χ1) is 22.0. The van der Waals surface area contributed by atoms with Crippen LogP contribution in [0.1, 0.15) is 213 Å². The zero-order valence-electron chi connectivity index (χ0n) is 30.2. The molecule has 0 aliphatic carbocycles. The van der Waals surface area contributed by atoms with Crippen LogP contribution in [0, 0.1) is 0 Å². The van der Waals surface area contributed by atoms with Crippen molar-refractivity contribution < 1.29 is 28.6 Å². The highest BCUT2D eigenvalue weighted by Gasteiger charge is 2.19. The van der Waals surface area contributed by atoms with Crippen molar-refractivity contribution in [2.75, 3.05) is 13.2 Å². The van der Waals surface area contributed by atoms with Crippen molar-refractivity contribution in [3.63, 3.8) is 0 Å². The van der Waals surface area contributed by atoms with Crippen molar-refractivity contribution in [1.82, 2.24) is 0 Å². The Morgan fingerprint density at radius 1 is 0.356 bits per heavy atom. The number of hydrogen-bond acceptors (Lipinski definition) is 6. The maximum absolute atomic E-state index is 12.3. The van der Waals surface area contributed by atoms with Crippen molar-refractivity contribution in [1.29, 1.82) is 0 Å². The summed E-state index contributed by atoms with van der Waals surface area (Å²) >= 11 is 0. The van der Waals surface area contributed by atoms with Crippen molar-refractivity contribution in [3.8, 4) is 0 Å². The monoisotopic (exact) mass is 639 g/mol. The van der Waals surface area contributed by atoms with Gasteiger partial charge in [0.1, 0.15) is 13.2 Å². The van der Waals surface area contributed by atoms with Crippen molar-refractivity contribution in [3.05, 3.63) is 0 Å². The number of unbranched alkanes of at least 4 members (excludes halogenated alkanes) is 24. The summed E-state index contributed by atoms with van der Waals surface area (Å²) in [4.78, 5) is 36.6. The van der Waals surface area contributed by atoms with Gasteiger partial charge >= 0.3 is 17.9 Å². The molecule has 0 saturated carbocycles. The number of rotatable bonds is 35. The first kappa shape index (κ1) is 43.4. The van der Waals surface area contributed by atoms with E-state index >= 15 is 0 Å². The van der Waals surface area contributed by atoms with Gasteiger partial charge in [0, 0.05) is 19.3 Å². The summed E-state index contributed by atoms with van der Waals surface area (Å²) in [6.45, 7) is 6.28. The molecule has 0 radical (unpaired) electrons. The molecular formula is C39H74O6. The van der Waals surface area contributed by atoms with E-state index in [4.69, 9.17) is 14.2 Å². The van der Waals surface area contributed by atoms with Crippen LogP contribution in [0.25, 0.3) is 0 Å². The van der Waals surface area contributed by atoms with E-state index in [0.717, 1.165) is 38.5 Å². The van der Waals surface area contributed by atoms with Gasteiger partial charge in [-0.1, -0.05) is 175 Å². The molecule has 0 aromatic carbocycles. The van der Waals surface area contributed by atoms with Crippen LogP contribution in [0.4, 0.5) is 0 Å². The summed E-state index contributed by atoms with van der Waals surface area (Å²) in [6, 6.07) is 0. The van der Waals surface area contributed by atoms with E-state index in [1.165, 1.54) is 128 Å². The van der Waals surface area contributed by atoms with Gasteiger partial charge in [0.05, 0.1) is 0 Å². The van der Waals surface area contributed by atoms with Crippen LogP contribution in [-0.2, 0) is 28.6 Å². The highest BCUT2D eigenvalue weighted by atomic mass is 16.6. The molecule has 0 spiro atoms. The molecule has 0 amide bonds. The standard InChI is InChI=1S/C39H74O6/c1-4-7-9-11-13-15-17-19-21-23-25-27-29-32-37(40)43-34-36(45-39(42)31-6-3)35-44-38(41)33-30-28-26-24-22-20-18-16-14-12-10-8-5-2/h36H,4-35H2,1-3H3. The molecule has 0 heterocycles. The molecule has 0 aromatic rings. The van der Waals surface area contributed by atoms with E-state index in [1.807, 2.05) is 6.92 Å². The lowest BCUT2D eigenvalue weighted by molar-refractivity contribution is -0.166. The van der Waals surface area contributed by atoms with Gasteiger partial charge in [0.2, 0.25) is 0 Å². The van der Waals surface area contributed by atoms with Gasteiger partial charge in [-0.2, -0.15) is 0 Å². The lowest BCUT2D eigenvalue weighted by Crippen LogP contribution is -2.30. The largest absolute Gasteiger partial charge is 0.462 e. The lowest BCUT2D eigenvalue weighted by Gasteiger charge is -2.18. The van der Waals surface area contributed by atoms with Gasteiger partial charge < -0.3 is 14.2 Å². The maximum atomic E-state index is 12.3. The van der Waals surface area contributed by atoms with E-state index in [9.17, 15) is 14.4 Å². The fraction of sp³-hybridized carbons (Fsp3) is 0.923. The average Bonchev–Trinajstić information content (AvgIpc) is 3.03. The molecular weight excluding hydrogens is 564 g/mol. The minimum Gasteiger partial charge on any atom is -0.462 e. The SMILES string of the molecule is CCCCCCCCCCCCCCCC(=O)OCC(COC(=O)CCCCCCCCCCCCCCC)OC(=O)CCC. The number of carbonyl (C=O) groups is 3. The molecule has 0 saturated heterocycles. The molecule has 0 unspecified atom stereocenters. The third-order valence-corrected chi connectivity index (χ3v) is 8.58. The Balaban J connectivity index is 3.92. The highest BCUT2D eigenvalue weighted by Crippen LogP contribution is 2.15. The zero-order chi connectivity index (χ0) is 33.1. The molecule has 0 aliphatic heterocycles. The lowest BCUT2D eigenvalue weighted by atomic mass is 10.0. The summed E-state index contributed by atoms with van der Waals surface area (Å²) in [5, 5.41) is 0. The summed E-state index contributed by atoms with van der Waals surface area (Å²) in [5.74, 6) is -0.927. The molecule has 0 atom stereocenters. The molecule has 266 valence electrons. The predicted molar refractivity (Wildman–Crippen MR) is 187 cm³/mol. The molecule has 0 aliphatic rings. The Bertz CT molecular complexity index is 618. The Kier molecular flexibility index (Phi) is 34.0. The second-order valence-corrected chi connectivity index (χ2v) is 13.2. The van der Waals surface area contributed by atoms with Crippen LogP contribution in [0.5, 0.6) is 0 Å². The first-order valence-corrected chi connectivity index (χ1v) is 19.5. The van der Waals surface area contributed by atoms with E-state index in [1.54, 1.807) is 0 Å². The second-order valence-electron chi connectivity index (χ2n) is 13.2. The third kappa shape index (κ3) is 33.6. The summed E-state index contributed by atoms with van der Waals surface area (Å²) < 4.78 is 16.2. The molecule has 45 heavy (non-hydrogen) atoms. The summed E-state index contributed by atoms with van der Waals surface area (Å²) in [6.07, 6.45) is 33.6. The van der Waals surface area contributed by atoms with Crippen molar-refractivity contribution >= 4 is 17.9 Å². The fourth-order valence-corrected chi connectivity index (χ4v) is 5.66. The van der Waals surface area contributed by atoms with Crippen LogP contribution in [0.15, 0.2) is 0 Å². The van der Waals surface area contributed by atoms with Crippen LogP contribution in [0.3, 0.4) is 0 Å². The molecule has 0 bridgehead atoms. The highest BCUT2D eigenvalue weighted by molar-refractivity contribution is 5.71. The van der Waals surface area contributed by atoms with Crippen LogP contribution in [-0.4, -0.2) is 37.2 Å². The van der Waals surface area contributed by atoms with Gasteiger partial charge in [0.25, 0.3) is 0 Å². The van der Waals surface area contributed by atoms with Crippen LogP contribution < -0.4 is 0 Å². The van der Waals surface area contributed by atoms with Gasteiger partial charge in [0.15, 0.2) is 6.10 Å². The second kappa shape index (κ2) is 35.3. The number of hydrogen-bond donors (Lipinski definition) is 0. The van der Waals surface area contributed by atoms with Crippen molar-refractivity contribution in [2.45, 2.75) is 219 Å². The molecule has 6 nitrogen and oxygen atoms in total. The molecule has 0 aromatic heterocycles. The third-order valence-electron chi connectivity index (χ3n) is 8.58. The molecule has 0 fully saturated rings. The number of ether oxygens (including phenoxy) is 3. The minimum atomic E-state index is -0.754. The average molecular weight is 639 g/mol. The normalized spacial score (nSPS) is 11.2. The van der Waals surface area contributed by atoms with Gasteiger partial charge in [-0.25, -0.2) is 0 Å². The quantitative estimate of drug-likeness (QED) is 0.0390. The van der Waals surface area contributed by atoms with E-state index < -0.39 is 6.10 Å². The first-order valence-electron chi connectivity index (χ1n) is 19.5. The smallest absolute Gasteiger partial charge is 0.306 e. The van der Waals surface area contributed by atoms with Crippen LogP contribution in [0.2, 0.25) is 0 Å². The van der Waals surface area contributed by atoms with E-state index in [2.05, 4.69) is 13.8 Å². The maximum Gasteiger partial charge on any atom is 0.306 e. The molecule has 6 heteroatoms. The predicted octanol–water partition coefficient (Wildman–Crippen LogP) is 11.7. The Morgan fingerprint density at radius 2 is 0.644 bits per heavy atom. The van der Waals surface area contributed by atoms with E-state index in [0.29, 0.717) is 19.3 Å². The van der Waals surface area contributed by atoms with Crippen LogP contribution >= 0.6 is 0 Å². The topological polar surface area (TPSA) is 78.9 Å². The van der Waals surface area contributed by atoms with Gasteiger partial charge in [-0.15, -0.1) is 0 Å². The Morgan fingerprint density at radius 3 is 0.933 bits per heavy atom. The molecule has 0 rings (SSSR count). The number of carbonyl (C=O) groups excluding carboxylic acids is 3. The molecule has 0 N–H and O–H groups in total.